The topological polar surface area (TPSA) is 44.8 Å². The Bertz CT molecular complexity index is 438. The first-order valence-electron chi connectivity index (χ1n) is 5.93. The van der Waals surface area contributed by atoms with Crippen LogP contribution in [0.4, 0.5) is 0 Å². The maximum absolute atomic E-state index is 11.8. The number of hydrogen-bond donors (Lipinski definition) is 0. The maximum Gasteiger partial charge on any atom is 0.167 e. The number of methoxy groups -OCH3 is 3. The minimum atomic E-state index is -0.0799. The van der Waals surface area contributed by atoms with E-state index in [1.807, 2.05) is 0 Å². The lowest BCUT2D eigenvalue weighted by molar-refractivity contribution is 0.101. The Balaban J connectivity index is 3.58. The second-order valence-electron chi connectivity index (χ2n) is 3.97. The second kappa shape index (κ2) is 6.28. The molecule has 0 amide bonds. The Labute approximate surface area is 108 Å². The summed E-state index contributed by atoms with van der Waals surface area (Å²) in [5.41, 5.74) is 1.39. The van der Waals surface area contributed by atoms with Crippen LogP contribution in [0.3, 0.4) is 0 Å². The van der Waals surface area contributed by atoms with Crippen molar-refractivity contribution in [3.63, 3.8) is 0 Å². The molecule has 4 heteroatoms. The number of carbonyl (C=O) groups is 1. The molecular weight excluding hydrogens is 232 g/mol. The van der Waals surface area contributed by atoms with E-state index in [9.17, 15) is 4.79 Å². The van der Waals surface area contributed by atoms with Gasteiger partial charge in [0.05, 0.1) is 21.3 Å². The highest BCUT2D eigenvalue weighted by atomic mass is 16.5. The van der Waals surface area contributed by atoms with Gasteiger partial charge in [-0.1, -0.05) is 13.3 Å². The number of rotatable bonds is 6. The van der Waals surface area contributed by atoms with Crippen LogP contribution in [0.1, 0.15) is 36.2 Å². The number of ether oxygens (including phenoxy) is 3. The number of hydrogen-bond acceptors (Lipinski definition) is 4. The highest BCUT2D eigenvalue weighted by Gasteiger charge is 2.22. The van der Waals surface area contributed by atoms with Crippen LogP contribution < -0.4 is 14.2 Å². The molecule has 4 nitrogen and oxygen atoms in total. The molecule has 1 aromatic carbocycles. The van der Waals surface area contributed by atoms with E-state index in [2.05, 4.69) is 6.92 Å². The van der Waals surface area contributed by atoms with Crippen LogP contribution in [0, 0.1) is 0 Å². The highest BCUT2D eigenvalue weighted by Crippen LogP contribution is 2.40. The first kappa shape index (κ1) is 14.4. The number of benzene rings is 1. The van der Waals surface area contributed by atoms with E-state index in [0.717, 1.165) is 18.4 Å². The Morgan fingerprint density at radius 2 is 1.72 bits per heavy atom. The maximum atomic E-state index is 11.8. The number of carbonyl (C=O) groups excluding carboxylic acids is 1. The summed E-state index contributed by atoms with van der Waals surface area (Å²) in [7, 11) is 4.68. The molecule has 0 fully saturated rings. The Morgan fingerprint density at radius 1 is 1.11 bits per heavy atom. The summed E-state index contributed by atoms with van der Waals surface area (Å²) < 4.78 is 16.0. The normalized spacial score (nSPS) is 10.1. The van der Waals surface area contributed by atoms with Crippen LogP contribution in [-0.4, -0.2) is 27.1 Å². The third-order valence-electron chi connectivity index (χ3n) is 2.80. The first-order chi connectivity index (χ1) is 8.60. The largest absolute Gasteiger partial charge is 0.496 e. The second-order valence-corrected chi connectivity index (χ2v) is 3.97. The summed E-state index contributed by atoms with van der Waals surface area (Å²) in [5, 5.41) is 0. The zero-order valence-electron chi connectivity index (χ0n) is 11.6. The van der Waals surface area contributed by atoms with Crippen LogP contribution in [0.15, 0.2) is 6.07 Å². The van der Waals surface area contributed by atoms with E-state index >= 15 is 0 Å². The molecule has 100 valence electrons. The van der Waals surface area contributed by atoms with Gasteiger partial charge in [-0.2, -0.15) is 0 Å². The SMILES string of the molecule is CCCc1c(OC)cc(OC)c(C(C)=O)c1OC. The average molecular weight is 252 g/mol. The van der Waals surface area contributed by atoms with Gasteiger partial charge in [-0.05, 0) is 13.3 Å². The van der Waals surface area contributed by atoms with Gasteiger partial charge in [0, 0.05) is 11.6 Å². The summed E-state index contributed by atoms with van der Waals surface area (Å²) in [6, 6.07) is 1.74. The molecule has 0 aliphatic rings. The van der Waals surface area contributed by atoms with Crippen LogP contribution >= 0.6 is 0 Å². The van der Waals surface area contributed by atoms with Gasteiger partial charge < -0.3 is 14.2 Å². The Hall–Kier alpha value is -1.71. The van der Waals surface area contributed by atoms with E-state index in [1.165, 1.54) is 14.0 Å². The smallest absolute Gasteiger partial charge is 0.167 e. The molecule has 1 aromatic rings. The summed E-state index contributed by atoms with van der Waals surface area (Å²) in [5.74, 6) is 1.65. The van der Waals surface area contributed by atoms with Gasteiger partial charge in [0.2, 0.25) is 0 Å². The van der Waals surface area contributed by atoms with Crippen molar-refractivity contribution in [2.24, 2.45) is 0 Å². The Morgan fingerprint density at radius 3 is 2.11 bits per heavy atom. The highest BCUT2D eigenvalue weighted by molar-refractivity contribution is 6.00. The van der Waals surface area contributed by atoms with Crippen molar-refractivity contribution in [2.75, 3.05) is 21.3 Å². The van der Waals surface area contributed by atoms with Gasteiger partial charge in [-0.25, -0.2) is 0 Å². The summed E-state index contributed by atoms with van der Waals surface area (Å²) in [6.07, 6.45) is 1.73. The van der Waals surface area contributed by atoms with Crippen molar-refractivity contribution in [2.45, 2.75) is 26.7 Å². The fourth-order valence-electron chi connectivity index (χ4n) is 2.04. The van der Waals surface area contributed by atoms with Gasteiger partial charge in [-0.3, -0.25) is 4.79 Å². The fraction of sp³-hybridized carbons (Fsp3) is 0.500. The zero-order valence-corrected chi connectivity index (χ0v) is 11.6. The van der Waals surface area contributed by atoms with E-state index in [0.29, 0.717) is 22.8 Å². The molecule has 0 spiro atoms. The summed E-state index contributed by atoms with van der Waals surface area (Å²) >= 11 is 0. The molecule has 1 rings (SSSR count). The third-order valence-corrected chi connectivity index (χ3v) is 2.80. The molecule has 0 heterocycles. The molecule has 0 N–H and O–H groups in total. The van der Waals surface area contributed by atoms with E-state index in [-0.39, 0.29) is 5.78 Å². The minimum absolute atomic E-state index is 0.0799. The van der Waals surface area contributed by atoms with E-state index in [1.54, 1.807) is 20.3 Å². The fourth-order valence-corrected chi connectivity index (χ4v) is 2.04. The molecule has 0 bridgehead atoms. The van der Waals surface area contributed by atoms with Crippen molar-refractivity contribution in [3.8, 4) is 17.2 Å². The molecule has 0 radical (unpaired) electrons. The van der Waals surface area contributed by atoms with Gasteiger partial charge in [-0.15, -0.1) is 0 Å². The van der Waals surface area contributed by atoms with Crippen molar-refractivity contribution >= 4 is 5.78 Å². The molecule has 0 unspecified atom stereocenters. The predicted octanol–water partition coefficient (Wildman–Crippen LogP) is 2.87. The van der Waals surface area contributed by atoms with Crippen LogP contribution in [-0.2, 0) is 6.42 Å². The van der Waals surface area contributed by atoms with Crippen molar-refractivity contribution in [3.05, 3.63) is 17.2 Å². The molecule has 0 aliphatic heterocycles. The quantitative estimate of drug-likeness (QED) is 0.730. The lowest BCUT2D eigenvalue weighted by atomic mass is 10.00. The van der Waals surface area contributed by atoms with E-state index < -0.39 is 0 Å². The summed E-state index contributed by atoms with van der Waals surface area (Å²) in [6.45, 7) is 3.57. The van der Waals surface area contributed by atoms with Crippen LogP contribution in [0.2, 0.25) is 0 Å². The Kier molecular flexibility index (Phi) is 5.01. The molecule has 0 saturated heterocycles. The lowest BCUT2D eigenvalue weighted by Gasteiger charge is -2.18. The molecule has 0 atom stereocenters. The predicted molar refractivity (Wildman–Crippen MR) is 70.1 cm³/mol. The molecule has 0 aromatic heterocycles. The number of ketones is 1. The van der Waals surface area contributed by atoms with Crippen molar-refractivity contribution in [1.29, 1.82) is 0 Å². The molecule has 18 heavy (non-hydrogen) atoms. The van der Waals surface area contributed by atoms with Crippen LogP contribution in [0.25, 0.3) is 0 Å². The number of Topliss-reactive ketones (excluding diaryl/α,β-unsaturated/α-hetero) is 1. The molecule has 0 aliphatic carbocycles. The zero-order chi connectivity index (χ0) is 13.7. The van der Waals surface area contributed by atoms with Gasteiger partial charge in [0.15, 0.2) is 5.78 Å². The first-order valence-corrected chi connectivity index (χ1v) is 5.93. The standard InChI is InChI=1S/C14H20O4/c1-6-7-10-11(16-3)8-12(17-4)13(9(2)15)14(10)18-5/h8H,6-7H2,1-5H3. The molecular formula is C14H20O4. The van der Waals surface area contributed by atoms with Gasteiger partial charge in [0.25, 0.3) is 0 Å². The van der Waals surface area contributed by atoms with Crippen LogP contribution in [0.5, 0.6) is 17.2 Å². The van der Waals surface area contributed by atoms with Gasteiger partial charge >= 0.3 is 0 Å². The monoisotopic (exact) mass is 252 g/mol. The summed E-state index contributed by atoms with van der Waals surface area (Å²) in [4.78, 5) is 11.8. The minimum Gasteiger partial charge on any atom is -0.496 e. The van der Waals surface area contributed by atoms with Gasteiger partial charge in [0.1, 0.15) is 22.8 Å². The third kappa shape index (κ3) is 2.58. The molecule has 0 saturated carbocycles. The van der Waals surface area contributed by atoms with E-state index in [4.69, 9.17) is 14.2 Å². The van der Waals surface area contributed by atoms with Crippen molar-refractivity contribution in [1.82, 2.24) is 0 Å². The lowest BCUT2D eigenvalue weighted by Crippen LogP contribution is -2.06. The average Bonchev–Trinajstić information content (AvgIpc) is 2.37. The van der Waals surface area contributed by atoms with Crippen molar-refractivity contribution < 1.29 is 19.0 Å².